The maximum Gasteiger partial charge on any atom is 0.308 e. The predicted octanol–water partition coefficient (Wildman–Crippen LogP) is 1.34. The van der Waals surface area contributed by atoms with Crippen LogP contribution in [0.15, 0.2) is 30.3 Å². The molecule has 0 spiro atoms. The number of nitrogens with zero attached hydrogens (tertiary/aromatic N) is 1. The maximum absolute atomic E-state index is 12.2. The minimum atomic E-state index is -0.894. The van der Waals surface area contributed by atoms with E-state index in [0.717, 1.165) is 5.56 Å². The summed E-state index contributed by atoms with van der Waals surface area (Å²) in [5.74, 6) is -2.16. The van der Waals surface area contributed by atoms with Crippen LogP contribution in [0, 0.1) is 11.8 Å². The van der Waals surface area contributed by atoms with Crippen LogP contribution in [-0.4, -0.2) is 41.0 Å². The number of nitrogens with one attached hydrogen (secondary N) is 1. The minimum Gasteiger partial charge on any atom is -0.481 e. The Hall–Kier alpha value is -1.88. The van der Waals surface area contributed by atoms with Crippen LogP contribution in [0.5, 0.6) is 0 Å². The third kappa shape index (κ3) is 4.04. The molecule has 1 saturated heterocycles. The van der Waals surface area contributed by atoms with E-state index in [-0.39, 0.29) is 11.9 Å². The van der Waals surface area contributed by atoms with Crippen molar-refractivity contribution in [3.8, 4) is 0 Å². The second-order valence-electron chi connectivity index (χ2n) is 5.89. The number of amides is 1. The molecule has 5 heteroatoms. The maximum atomic E-state index is 12.2. The predicted molar refractivity (Wildman–Crippen MR) is 79.6 cm³/mol. The molecule has 2 N–H and O–H groups in total. The van der Waals surface area contributed by atoms with E-state index in [4.69, 9.17) is 0 Å². The number of carboxylic acids is 1. The molecule has 0 saturated carbocycles. The van der Waals surface area contributed by atoms with Crippen LogP contribution in [0.4, 0.5) is 0 Å². The van der Waals surface area contributed by atoms with Crippen LogP contribution in [0.1, 0.15) is 19.4 Å². The fourth-order valence-electron chi connectivity index (χ4n) is 2.76. The molecule has 114 valence electrons. The Morgan fingerprint density at radius 2 is 1.86 bits per heavy atom. The van der Waals surface area contributed by atoms with Crippen molar-refractivity contribution < 1.29 is 14.7 Å². The van der Waals surface area contributed by atoms with Gasteiger partial charge in [-0.05, 0) is 19.4 Å². The van der Waals surface area contributed by atoms with Gasteiger partial charge >= 0.3 is 5.97 Å². The fraction of sp³-hybridized carbons (Fsp3) is 0.500. The number of hydrogen-bond acceptors (Lipinski definition) is 3. The number of aliphatic carboxylic acids is 1. The number of carboxylic acid groups (broad SMARTS) is 1. The lowest BCUT2D eigenvalue weighted by Gasteiger charge is -2.17. The summed E-state index contributed by atoms with van der Waals surface area (Å²) < 4.78 is 0. The van der Waals surface area contributed by atoms with Crippen molar-refractivity contribution in [1.29, 1.82) is 0 Å². The van der Waals surface area contributed by atoms with Crippen LogP contribution in [0.25, 0.3) is 0 Å². The van der Waals surface area contributed by atoms with Gasteiger partial charge in [-0.25, -0.2) is 0 Å². The van der Waals surface area contributed by atoms with E-state index >= 15 is 0 Å². The lowest BCUT2D eigenvalue weighted by Crippen LogP contribution is -2.40. The molecule has 21 heavy (non-hydrogen) atoms. The standard InChI is InChI=1S/C16H22N2O3/c1-11(2)17-15(19)13-9-18(10-14(13)16(20)21)8-12-6-4-3-5-7-12/h3-7,11,13-14H,8-10H2,1-2H3,(H,17,19)(H,20,21). The largest absolute Gasteiger partial charge is 0.481 e. The molecule has 5 nitrogen and oxygen atoms in total. The van der Waals surface area contributed by atoms with Gasteiger partial charge in [0.1, 0.15) is 0 Å². The SMILES string of the molecule is CC(C)NC(=O)C1CN(Cc2ccccc2)CC1C(=O)O. The fourth-order valence-corrected chi connectivity index (χ4v) is 2.76. The Morgan fingerprint density at radius 3 is 2.43 bits per heavy atom. The Morgan fingerprint density at radius 1 is 1.24 bits per heavy atom. The molecule has 1 aliphatic rings. The Labute approximate surface area is 125 Å². The second kappa shape index (κ2) is 6.72. The van der Waals surface area contributed by atoms with Crippen molar-refractivity contribution in [2.45, 2.75) is 26.4 Å². The van der Waals surface area contributed by atoms with Gasteiger partial charge in [0.25, 0.3) is 0 Å². The Bertz CT molecular complexity index is 502. The molecule has 0 bridgehead atoms. The first kappa shape index (κ1) is 15.5. The molecule has 2 unspecified atom stereocenters. The van der Waals surface area contributed by atoms with Gasteiger partial charge in [-0.3, -0.25) is 14.5 Å². The number of carbonyl (C=O) groups is 2. The van der Waals surface area contributed by atoms with E-state index < -0.39 is 17.8 Å². The van der Waals surface area contributed by atoms with E-state index in [1.165, 1.54) is 0 Å². The molecule has 0 aromatic heterocycles. The summed E-state index contributed by atoms with van der Waals surface area (Å²) >= 11 is 0. The molecule has 2 rings (SSSR count). The van der Waals surface area contributed by atoms with Crippen molar-refractivity contribution in [3.05, 3.63) is 35.9 Å². The topological polar surface area (TPSA) is 69.6 Å². The molecule has 2 atom stereocenters. The third-order valence-corrected chi connectivity index (χ3v) is 3.73. The van der Waals surface area contributed by atoms with Crippen LogP contribution in [0.3, 0.4) is 0 Å². The van der Waals surface area contributed by atoms with Gasteiger partial charge in [-0.2, -0.15) is 0 Å². The van der Waals surface area contributed by atoms with Gasteiger partial charge in [0.2, 0.25) is 5.91 Å². The van der Waals surface area contributed by atoms with E-state index in [1.807, 2.05) is 49.1 Å². The van der Waals surface area contributed by atoms with Crippen molar-refractivity contribution in [2.24, 2.45) is 11.8 Å². The monoisotopic (exact) mass is 290 g/mol. The zero-order chi connectivity index (χ0) is 15.4. The summed E-state index contributed by atoms with van der Waals surface area (Å²) in [5.41, 5.74) is 1.13. The molecule has 1 amide bonds. The summed E-state index contributed by atoms with van der Waals surface area (Å²) in [6, 6.07) is 9.92. The molecule has 1 aromatic rings. The van der Waals surface area contributed by atoms with E-state index in [1.54, 1.807) is 0 Å². The van der Waals surface area contributed by atoms with Crippen LogP contribution in [-0.2, 0) is 16.1 Å². The highest BCUT2D eigenvalue weighted by Crippen LogP contribution is 2.25. The van der Waals surface area contributed by atoms with Gasteiger partial charge in [0, 0.05) is 25.7 Å². The molecular weight excluding hydrogens is 268 g/mol. The molecule has 1 aliphatic heterocycles. The first-order valence-corrected chi connectivity index (χ1v) is 7.27. The summed E-state index contributed by atoms with van der Waals surface area (Å²) in [5, 5.41) is 12.2. The van der Waals surface area contributed by atoms with Gasteiger partial charge in [-0.15, -0.1) is 0 Å². The summed E-state index contributed by atoms with van der Waals surface area (Å²) in [4.78, 5) is 25.6. The number of carbonyl (C=O) groups excluding carboxylic acids is 1. The number of rotatable bonds is 5. The quantitative estimate of drug-likeness (QED) is 0.858. The summed E-state index contributed by atoms with van der Waals surface area (Å²) in [6.07, 6.45) is 0. The van der Waals surface area contributed by atoms with Crippen molar-refractivity contribution in [2.75, 3.05) is 13.1 Å². The molecular formula is C16H22N2O3. The van der Waals surface area contributed by atoms with E-state index in [9.17, 15) is 14.7 Å². The van der Waals surface area contributed by atoms with Crippen LogP contribution >= 0.6 is 0 Å². The molecule has 1 fully saturated rings. The highest BCUT2D eigenvalue weighted by atomic mass is 16.4. The molecule has 1 aromatic carbocycles. The van der Waals surface area contributed by atoms with Crippen LogP contribution < -0.4 is 5.32 Å². The normalized spacial score (nSPS) is 22.4. The zero-order valence-corrected chi connectivity index (χ0v) is 12.5. The number of benzene rings is 1. The van der Waals surface area contributed by atoms with Gasteiger partial charge in [0.05, 0.1) is 11.8 Å². The Balaban J connectivity index is 2.04. The number of hydrogen-bond donors (Lipinski definition) is 2. The average molecular weight is 290 g/mol. The molecule has 1 heterocycles. The van der Waals surface area contributed by atoms with Gasteiger partial charge < -0.3 is 10.4 Å². The van der Waals surface area contributed by atoms with E-state index in [2.05, 4.69) is 5.32 Å². The highest BCUT2D eigenvalue weighted by molar-refractivity contribution is 5.85. The van der Waals surface area contributed by atoms with Gasteiger partial charge in [0.15, 0.2) is 0 Å². The smallest absolute Gasteiger partial charge is 0.308 e. The first-order chi connectivity index (χ1) is 9.97. The zero-order valence-electron chi connectivity index (χ0n) is 12.5. The molecule has 0 radical (unpaired) electrons. The second-order valence-corrected chi connectivity index (χ2v) is 5.89. The summed E-state index contributed by atoms with van der Waals surface area (Å²) in [6.45, 7) is 5.34. The first-order valence-electron chi connectivity index (χ1n) is 7.27. The lowest BCUT2D eigenvalue weighted by molar-refractivity contribution is -0.145. The van der Waals surface area contributed by atoms with Crippen LogP contribution in [0.2, 0.25) is 0 Å². The summed E-state index contributed by atoms with van der Waals surface area (Å²) in [7, 11) is 0. The highest BCUT2D eigenvalue weighted by Gasteiger charge is 2.41. The Kier molecular flexibility index (Phi) is 4.96. The third-order valence-electron chi connectivity index (χ3n) is 3.73. The average Bonchev–Trinajstić information content (AvgIpc) is 2.83. The lowest BCUT2D eigenvalue weighted by atomic mass is 9.95. The van der Waals surface area contributed by atoms with E-state index in [0.29, 0.717) is 19.6 Å². The minimum absolute atomic E-state index is 0.0233. The van der Waals surface area contributed by atoms with Crippen molar-refractivity contribution in [3.63, 3.8) is 0 Å². The van der Waals surface area contributed by atoms with Gasteiger partial charge in [-0.1, -0.05) is 30.3 Å². The molecule has 0 aliphatic carbocycles. The number of likely N-dealkylation sites (tertiary alicyclic amines) is 1. The van der Waals surface area contributed by atoms with Crippen molar-refractivity contribution in [1.82, 2.24) is 10.2 Å². The van der Waals surface area contributed by atoms with Crippen molar-refractivity contribution >= 4 is 11.9 Å².